The van der Waals surface area contributed by atoms with Crippen molar-refractivity contribution < 1.29 is 4.79 Å². The summed E-state index contributed by atoms with van der Waals surface area (Å²) < 4.78 is 0. The van der Waals surface area contributed by atoms with E-state index in [4.69, 9.17) is 10.7 Å². The Morgan fingerprint density at radius 3 is 2.70 bits per heavy atom. The van der Waals surface area contributed by atoms with E-state index in [2.05, 4.69) is 27.4 Å². The molecule has 0 aliphatic heterocycles. The van der Waals surface area contributed by atoms with Crippen LogP contribution in [0.25, 0.3) is 22.0 Å². The lowest BCUT2D eigenvalue weighted by molar-refractivity contribution is -0.125. The van der Waals surface area contributed by atoms with Gasteiger partial charge in [-0.05, 0) is 54.9 Å². The molecule has 0 saturated carbocycles. The maximum absolute atomic E-state index is 12.8. The van der Waals surface area contributed by atoms with Crippen LogP contribution in [0.15, 0.2) is 67.3 Å². The number of fused-ring (bicyclic) bond motifs is 2. The molecule has 1 aliphatic carbocycles. The SMILES string of the molecule is Nc1c2c(nc3cc(-c4cncnc4)ccc13)CCC(C(=O)NCCCc1ccccc1)C2. The van der Waals surface area contributed by atoms with E-state index in [9.17, 15) is 4.79 Å². The molecule has 3 N–H and O–H groups in total. The molecule has 1 unspecified atom stereocenters. The zero-order valence-corrected chi connectivity index (χ0v) is 18.5. The van der Waals surface area contributed by atoms with E-state index >= 15 is 0 Å². The molecule has 2 heterocycles. The average molecular weight is 438 g/mol. The summed E-state index contributed by atoms with van der Waals surface area (Å²) in [6.45, 7) is 0.689. The summed E-state index contributed by atoms with van der Waals surface area (Å²) in [5, 5.41) is 4.05. The van der Waals surface area contributed by atoms with Gasteiger partial charge in [0.2, 0.25) is 5.91 Å². The van der Waals surface area contributed by atoms with Crippen LogP contribution in [0.2, 0.25) is 0 Å². The van der Waals surface area contributed by atoms with Gasteiger partial charge in [-0.3, -0.25) is 9.78 Å². The lowest BCUT2D eigenvalue weighted by atomic mass is 9.84. The molecule has 2 aromatic carbocycles. The number of carbonyl (C=O) groups excluding carboxylic acids is 1. The third-order valence-corrected chi connectivity index (χ3v) is 6.45. The lowest BCUT2D eigenvalue weighted by Crippen LogP contribution is -2.35. The number of amides is 1. The van der Waals surface area contributed by atoms with Gasteiger partial charge in [0.1, 0.15) is 6.33 Å². The van der Waals surface area contributed by atoms with Gasteiger partial charge in [-0.15, -0.1) is 0 Å². The van der Waals surface area contributed by atoms with Crippen LogP contribution >= 0.6 is 0 Å². The fourth-order valence-corrected chi connectivity index (χ4v) is 4.62. The number of anilines is 1. The van der Waals surface area contributed by atoms with Gasteiger partial charge in [0.15, 0.2) is 0 Å². The quantitative estimate of drug-likeness (QED) is 0.443. The van der Waals surface area contributed by atoms with E-state index in [1.165, 1.54) is 11.9 Å². The van der Waals surface area contributed by atoms with Crippen molar-refractivity contribution in [3.63, 3.8) is 0 Å². The third-order valence-electron chi connectivity index (χ3n) is 6.45. The van der Waals surface area contributed by atoms with E-state index < -0.39 is 0 Å². The highest BCUT2D eigenvalue weighted by molar-refractivity contribution is 5.95. The average Bonchev–Trinajstić information content (AvgIpc) is 2.87. The first-order valence-corrected chi connectivity index (χ1v) is 11.5. The summed E-state index contributed by atoms with van der Waals surface area (Å²) in [5.74, 6) is 0.0594. The highest BCUT2D eigenvalue weighted by Gasteiger charge is 2.27. The predicted molar refractivity (Wildman–Crippen MR) is 130 cm³/mol. The van der Waals surface area contributed by atoms with E-state index in [-0.39, 0.29) is 11.8 Å². The molecule has 4 aromatic rings. The largest absolute Gasteiger partial charge is 0.398 e. The van der Waals surface area contributed by atoms with Gasteiger partial charge >= 0.3 is 0 Å². The van der Waals surface area contributed by atoms with Gasteiger partial charge in [-0.25, -0.2) is 9.97 Å². The Morgan fingerprint density at radius 1 is 1.06 bits per heavy atom. The smallest absolute Gasteiger partial charge is 0.223 e. The second kappa shape index (κ2) is 9.36. The number of hydrogen-bond acceptors (Lipinski definition) is 5. The van der Waals surface area contributed by atoms with Gasteiger partial charge in [0.05, 0.1) is 5.52 Å². The van der Waals surface area contributed by atoms with Crippen LogP contribution in [0.5, 0.6) is 0 Å². The highest BCUT2D eigenvalue weighted by atomic mass is 16.1. The topological polar surface area (TPSA) is 93.8 Å². The van der Waals surface area contributed by atoms with Crippen molar-refractivity contribution >= 4 is 22.5 Å². The van der Waals surface area contributed by atoms with Gasteiger partial charge in [-0.2, -0.15) is 0 Å². The Balaban J connectivity index is 1.27. The van der Waals surface area contributed by atoms with Crippen molar-refractivity contribution in [1.82, 2.24) is 20.3 Å². The number of aryl methyl sites for hydroxylation is 2. The molecule has 0 saturated heterocycles. The summed E-state index contributed by atoms with van der Waals surface area (Å²) >= 11 is 0. The molecule has 1 amide bonds. The summed E-state index contributed by atoms with van der Waals surface area (Å²) in [6, 6.07) is 16.4. The maximum Gasteiger partial charge on any atom is 0.223 e. The fraction of sp³-hybridized carbons (Fsp3) is 0.259. The van der Waals surface area contributed by atoms with E-state index in [1.807, 2.05) is 36.4 Å². The predicted octanol–water partition coefficient (Wildman–Crippen LogP) is 4.13. The Kier molecular flexibility index (Phi) is 5.98. The molecule has 1 atom stereocenters. The van der Waals surface area contributed by atoms with Gasteiger partial charge in [0, 0.05) is 47.2 Å². The molecule has 0 spiro atoms. The van der Waals surface area contributed by atoms with E-state index in [0.29, 0.717) is 13.0 Å². The molecule has 6 nitrogen and oxygen atoms in total. The number of nitrogen functional groups attached to an aromatic ring is 1. The first kappa shape index (κ1) is 21.1. The number of nitrogens with two attached hydrogens (primary N) is 1. The molecule has 166 valence electrons. The van der Waals surface area contributed by atoms with Crippen molar-refractivity contribution in [3.8, 4) is 11.1 Å². The summed E-state index contributed by atoms with van der Waals surface area (Å²) in [5.41, 5.74) is 13.5. The van der Waals surface area contributed by atoms with Crippen LogP contribution in [0.3, 0.4) is 0 Å². The Morgan fingerprint density at radius 2 is 1.88 bits per heavy atom. The van der Waals surface area contributed by atoms with Crippen LogP contribution in [0, 0.1) is 5.92 Å². The second-order valence-corrected chi connectivity index (χ2v) is 8.63. The monoisotopic (exact) mass is 437 g/mol. The van der Waals surface area contributed by atoms with Crippen molar-refractivity contribution in [2.75, 3.05) is 12.3 Å². The molecular weight excluding hydrogens is 410 g/mol. The first-order chi connectivity index (χ1) is 16.2. The third kappa shape index (κ3) is 4.55. The summed E-state index contributed by atoms with van der Waals surface area (Å²) in [7, 11) is 0. The Hall–Kier alpha value is -3.80. The van der Waals surface area contributed by atoms with Crippen molar-refractivity contribution in [2.24, 2.45) is 5.92 Å². The molecule has 0 radical (unpaired) electrons. The standard InChI is InChI=1S/C27H27N5O/c28-26-22-10-8-19(21-15-29-17-30-16-21)14-25(22)32-24-11-9-20(13-23(24)26)27(33)31-12-4-7-18-5-2-1-3-6-18/h1-3,5-6,8,10,14-17,20H,4,7,9,11-13H2,(H2,28,32)(H,31,33). The molecule has 0 bridgehead atoms. The molecule has 0 fully saturated rings. The normalized spacial score (nSPS) is 15.2. The number of hydrogen-bond donors (Lipinski definition) is 2. The van der Waals surface area contributed by atoms with Gasteiger partial charge in [0.25, 0.3) is 0 Å². The highest BCUT2D eigenvalue weighted by Crippen LogP contribution is 2.35. The summed E-state index contributed by atoms with van der Waals surface area (Å²) in [4.78, 5) is 25.9. The lowest BCUT2D eigenvalue weighted by Gasteiger charge is -2.25. The van der Waals surface area contributed by atoms with Crippen LogP contribution < -0.4 is 11.1 Å². The number of rotatable bonds is 6. The molecule has 6 heteroatoms. The number of pyridine rings is 1. The van der Waals surface area contributed by atoms with Crippen molar-refractivity contribution in [2.45, 2.75) is 32.1 Å². The molecule has 2 aromatic heterocycles. The number of nitrogens with zero attached hydrogens (tertiary/aromatic N) is 3. The minimum absolute atomic E-state index is 0.0588. The van der Waals surface area contributed by atoms with Crippen LogP contribution in [-0.4, -0.2) is 27.4 Å². The first-order valence-electron chi connectivity index (χ1n) is 11.5. The second-order valence-electron chi connectivity index (χ2n) is 8.63. The number of nitrogens with one attached hydrogen (secondary N) is 1. The Bertz CT molecular complexity index is 1270. The van der Waals surface area contributed by atoms with Crippen LogP contribution in [0.4, 0.5) is 5.69 Å². The maximum atomic E-state index is 12.8. The molecule has 5 rings (SSSR count). The van der Waals surface area contributed by atoms with Crippen LogP contribution in [0.1, 0.15) is 29.7 Å². The van der Waals surface area contributed by atoms with Crippen molar-refractivity contribution in [3.05, 3.63) is 84.1 Å². The zero-order valence-electron chi connectivity index (χ0n) is 18.5. The molecular formula is C27H27N5O. The minimum Gasteiger partial charge on any atom is -0.398 e. The zero-order chi connectivity index (χ0) is 22.6. The van der Waals surface area contributed by atoms with Crippen molar-refractivity contribution in [1.29, 1.82) is 0 Å². The Labute approximate surface area is 193 Å². The van der Waals surface area contributed by atoms with E-state index in [1.54, 1.807) is 12.4 Å². The van der Waals surface area contributed by atoms with E-state index in [0.717, 1.165) is 64.7 Å². The minimum atomic E-state index is -0.0588. The van der Waals surface area contributed by atoms with Gasteiger partial charge < -0.3 is 11.1 Å². The molecule has 1 aliphatic rings. The fourth-order valence-electron chi connectivity index (χ4n) is 4.62. The summed E-state index contributed by atoms with van der Waals surface area (Å²) in [6.07, 6.45) is 9.20. The van der Waals surface area contributed by atoms with Gasteiger partial charge in [-0.1, -0.05) is 42.5 Å². The number of benzene rings is 2. The van der Waals surface area contributed by atoms with Crippen LogP contribution in [-0.2, 0) is 24.1 Å². The number of aromatic nitrogens is 3. The number of carbonyl (C=O) groups is 1. The molecule has 33 heavy (non-hydrogen) atoms.